The molecule has 3 atom stereocenters. The van der Waals surface area contributed by atoms with Gasteiger partial charge in [-0.3, -0.25) is 0 Å². The van der Waals surface area contributed by atoms with Crippen LogP contribution in [0, 0.1) is 11.8 Å². The van der Waals surface area contributed by atoms with Crippen molar-refractivity contribution in [3.63, 3.8) is 0 Å². The summed E-state index contributed by atoms with van der Waals surface area (Å²) in [5, 5.41) is 12.6. The van der Waals surface area contributed by atoms with Gasteiger partial charge in [0.15, 0.2) is 0 Å². The fourth-order valence-electron chi connectivity index (χ4n) is 2.93. The van der Waals surface area contributed by atoms with Crippen molar-refractivity contribution in [1.29, 1.82) is 0 Å². The van der Waals surface area contributed by atoms with Gasteiger partial charge in [-0.1, -0.05) is 38.8 Å². The third-order valence-electron chi connectivity index (χ3n) is 4.45. The van der Waals surface area contributed by atoms with Gasteiger partial charge in [-0.05, 0) is 36.0 Å². The first kappa shape index (κ1) is 14.1. The quantitative estimate of drug-likeness (QED) is 0.874. The van der Waals surface area contributed by atoms with Crippen molar-refractivity contribution < 1.29 is 9.90 Å². The van der Waals surface area contributed by atoms with Gasteiger partial charge < -0.3 is 10.4 Å². The number of hydrogen-bond acceptors (Lipinski definition) is 2. The van der Waals surface area contributed by atoms with Crippen LogP contribution in [0.25, 0.3) is 0 Å². The highest BCUT2D eigenvalue weighted by atomic mass is 16.4. The normalized spacial score (nSPS) is 27.2. The van der Waals surface area contributed by atoms with Crippen molar-refractivity contribution in [3.05, 3.63) is 35.4 Å². The van der Waals surface area contributed by atoms with E-state index in [0.717, 1.165) is 18.0 Å². The molecule has 104 valence electrons. The molecule has 0 aliphatic heterocycles. The molecule has 1 saturated carbocycles. The van der Waals surface area contributed by atoms with E-state index in [2.05, 4.69) is 19.2 Å². The van der Waals surface area contributed by atoms with Crippen molar-refractivity contribution in [3.8, 4) is 0 Å². The average Bonchev–Trinajstić information content (AvgIpc) is 2.41. The molecule has 3 nitrogen and oxygen atoms in total. The smallest absolute Gasteiger partial charge is 0.335 e. The van der Waals surface area contributed by atoms with Crippen LogP contribution >= 0.6 is 0 Å². The zero-order chi connectivity index (χ0) is 13.8. The van der Waals surface area contributed by atoms with Gasteiger partial charge in [0.05, 0.1) is 5.56 Å². The van der Waals surface area contributed by atoms with Crippen molar-refractivity contribution >= 4 is 5.97 Å². The van der Waals surface area contributed by atoms with Crippen LogP contribution in [0.1, 0.15) is 49.0 Å². The third-order valence-corrected chi connectivity index (χ3v) is 4.45. The highest BCUT2D eigenvalue weighted by molar-refractivity contribution is 5.87. The minimum absolute atomic E-state index is 0.365. The Labute approximate surface area is 115 Å². The molecular weight excluding hydrogens is 238 g/mol. The molecular formula is C16H23NO2. The monoisotopic (exact) mass is 261 g/mol. The van der Waals surface area contributed by atoms with Gasteiger partial charge in [0.25, 0.3) is 0 Å². The summed E-state index contributed by atoms with van der Waals surface area (Å²) in [5.74, 6) is 0.606. The standard InChI is InChI=1S/C16H23NO2/c1-11-5-3-8-15(12(11)2)17-10-13-6-4-7-14(9-13)16(18)19/h4,6-7,9,11-12,15,17H,3,5,8,10H2,1-2H3,(H,18,19). The van der Waals surface area contributed by atoms with Crippen LogP contribution in [0.15, 0.2) is 24.3 Å². The summed E-state index contributed by atoms with van der Waals surface area (Å²) in [5.41, 5.74) is 1.41. The number of hydrogen-bond donors (Lipinski definition) is 2. The molecule has 2 N–H and O–H groups in total. The zero-order valence-electron chi connectivity index (χ0n) is 11.7. The Morgan fingerprint density at radius 3 is 2.89 bits per heavy atom. The number of rotatable bonds is 4. The number of nitrogens with one attached hydrogen (secondary N) is 1. The summed E-state index contributed by atoms with van der Waals surface area (Å²) in [6.45, 7) is 5.39. The Morgan fingerprint density at radius 2 is 2.16 bits per heavy atom. The lowest BCUT2D eigenvalue weighted by Gasteiger charge is -2.34. The molecule has 3 heteroatoms. The fraction of sp³-hybridized carbons (Fsp3) is 0.562. The second-order valence-electron chi connectivity index (χ2n) is 5.76. The Balaban J connectivity index is 1.94. The summed E-state index contributed by atoms with van der Waals surface area (Å²) in [7, 11) is 0. The summed E-state index contributed by atoms with van der Waals surface area (Å²) in [6.07, 6.45) is 3.84. The third kappa shape index (κ3) is 3.57. The van der Waals surface area contributed by atoms with E-state index in [9.17, 15) is 4.79 Å². The predicted octanol–water partition coefficient (Wildman–Crippen LogP) is 3.30. The van der Waals surface area contributed by atoms with Gasteiger partial charge in [0.2, 0.25) is 0 Å². The SMILES string of the molecule is CC1CCCC(NCc2cccc(C(=O)O)c2)C1C. The van der Waals surface area contributed by atoms with Crippen LogP contribution in [0.3, 0.4) is 0 Å². The number of aromatic carboxylic acids is 1. The van der Waals surface area contributed by atoms with Crippen LogP contribution in [-0.4, -0.2) is 17.1 Å². The molecule has 0 saturated heterocycles. The Morgan fingerprint density at radius 1 is 1.37 bits per heavy atom. The summed E-state index contributed by atoms with van der Waals surface area (Å²) >= 11 is 0. The maximum atomic E-state index is 10.9. The van der Waals surface area contributed by atoms with Gasteiger partial charge in [0, 0.05) is 12.6 Å². The molecule has 1 aromatic rings. The van der Waals surface area contributed by atoms with Crippen LogP contribution in [0.2, 0.25) is 0 Å². The average molecular weight is 261 g/mol. The second-order valence-corrected chi connectivity index (χ2v) is 5.76. The van der Waals surface area contributed by atoms with Gasteiger partial charge >= 0.3 is 5.97 Å². The maximum Gasteiger partial charge on any atom is 0.335 e. The lowest BCUT2D eigenvalue weighted by Crippen LogP contribution is -2.40. The molecule has 0 spiro atoms. The molecule has 3 unspecified atom stereocenters. The summed E-state index contributed by atoms with van der Waals surface area (Å²) < 4.78 is 0. The molecule has 0 heterocycles. The first-order chi connectivity index (χ1) is 9.08. The fourth-order valence-corrected chi connectivity index (χ4v) is 2.93. The van der Waals surface area contributed by atoms with E-state index < -0.39 is 5.97 Å². The molecule has 0 bridgehead atoms. The van der Waals surface area contributed by atoms with Crippen LogP contribution in [0.4, 0.5) is 0 Å². The number of carbonyl (C=O) groups is 1. The molecule has 19 heavy (non-hydrogen) atoms. The minimum Gasteiger partial charge on any atom is -0.478 e. The van der Waals surface area contributed by atoms with E-state index in [1.807, 2.05) is 12.1 Å². The van der Waals surface area contributed by atoms with Gasteiger partial charge in [-0.15, -0.1) is 0 Å². The van der Waals surface area contributed by atoms with Crippen molar-refractivity contribution in [1.82, 2.24) is 5.32 Å². The van der Waals surface area contributed by atoms with Gasteiger partial charge in [-0.25, -0.2) is 4.79 Å². The first-order valence-electron chi connectivity index (χ1n) is 7.13. The van der Waals surface area contributed by atoms with Crippen molar-refractivity contribution in [2.75, 3.05) is 0 Å². The zero-order valence-corrected chi connectivity index (χ0v) is 11.7. The molecule has 0 amide bonds. The number of benzene rings is 1. The van der Waals surface area contributed by atoms with Crippen molar-refractivity contribution in [2.45, 2.75) is 45.7 Å². The molecule has 0 aromatic heterocycles. The minimum atomic E-state index is -0.860. The maximum absolute atomic E-state index is 10.9. The van der Waals surface area contributed by atoms with Crippen LogP contribution in [0.5, 0.6) is 0 Å². The summed E-state index contributed by atoms with van der Waals surface area (Å²) in [6, 6.07) is 7.74. The first-order valence-corrected chi connectivity index (χ1v) is 7.13. The van der Waals surface area contributed by atoms with E-state index in [1.54, 1.807) is 12.1 Å². The van der Waals surface area contributed by atoms with Crippen molar-refractivity contribution in [2.24, 2.45) is 11.8 Å². The van der Waals surface area contributed by atoms with Gasteiger partial charge in [-0.2, -0.15) is 0 Å². The molecule has 1 fully saturated rings. The number of carboxylic acid groups (broad SMARTS) is 1. The van der Waals surface area contributed by atoms with E-state index in [1.165, 1.54) is 19.3 Å². The van der Waals surface area contributed by atoms with E-state index >= 15 is 0 Å². The molecule has 1 aliphatic carbocycles. The molecule has 2 rings (SSSR count). The molecule has 1 aliphatic rings. The van der Waals surface area contributed by atoms with Gasteiger partial charge in [0.1, 0.15) is 0 Å². The van der Waals surface area contributed by atoms with Crippen LogP contribution in [-0.2, 0) is 6.54 Å². The Kier molecular flexibility index (Phi) is 4.59. The lowest BCUT2D eigenvalue weighted by molar-refractivity contribution is 0.0696. The Bertz CT molecular complexity index is 444. The van der Waals surface area contributed by atoms with E-state index in [4.69, 9.17) is 5.11 Å². The van der Waals surface area contributed by atoms with E-state index in [0.29, 0.717) is 17.5 Å². The topological polar surface area (TPSA) is 49.3 Å². The molecule has 1 aromatic carbocycles. The molecule has 0 radical (unpaired) electrons. The highest BCUT2D eigenvalue weighted by Gasteiger charge is 2.26. The Hall–Kier alpha value is -1.35. The largest absolute Gasteiger partial charge is 0.478 e. The predicted molar refractivity (Wildman–Crippen MR) is 76.2 cm³/mol. The lowest BCUT2D eigenvalue weighted by atomic mass is 9.78. The second kappa shape index (κ2) is 6.20. The number of carboxylic acids is 1. The van der Waals surface area contributed by atoms with E-state index in [-0.39, 0.29) is 0 Å². The summed E-state index contributed by atoms with van der Waals surface area (Å²) in [4.78, 5) is 10.9. The van der Waals surface area contributed by atoms with Crippen LogP contribution < -0.4 is 5.32 Å². The highest BCUT2D eigenvalue weighted by Crippen LogP contribution is 2.29.